The van der Waals surface area contributed by atoms with E-state index < -0.39 is 0 Å². The summed E-state index contributed by atoms with van der Waals surface area (Å²) in [7, 11) is 1.82. The quantitative estimate of drug-likeness (QED) is 0.768. The van der Waals surface area contributed by atoms with Crippen LogP contribution in [0.5, 0.6) is 0 Å². The second-order valence-electron chi connectivity index (χ2n) is 6.17. The zero-order valence-electron chi connectivity index (χ0n) is 13.9. The Morgan fingerprint density at radius 1 is 1.36 bits per heavy atom. The van der Waals surface area contributed by atoms with E-state index in [-0.39, 0.29) is 12.1 Å². The number of nitrogens with zero attached hydrogens (tertiary/aromatic N) is 3. The lowest BCUT2D eigenvalue weighted by Crippen LogP contribution is -2.34. The van der Waals surface area contributed by atoms with Gasteiger partial charge < -0.3 is 15.1 Å². The molecule has 1 aliphatic rings. The third-order valence-electron chi connectivity index (χ3n) is 4.34. The van der Waals surface area contributed by atoms with Crippen molar-refractivity contribution in [3.05, 3.63) is 54.2 Å². The Balaban J connectivity index is 1.45. The number of urea groups is 1. The minimum Gasteiger partial charge on any atom is -0.469 e. The molecule has 0 radical (unpaired) electrons. The first-order valence-corrected chi connectivity index (χ1v) is 8.29. The zero-order chi connectivity index (χ0) is 17.2. The molecular formula is C18H19N5O2. The van der Waals surface area contributed by atoms with Crippen molar-refractivity contribution in [1.82, 2.24) is 20.1 Å². The molecule has 2 amide bonds. The third-order valence-corrected chi connectivity index (χ3v) is 4.34. The number of nitrogens with one attached hydrogen (secondary N) is 2. The summed E-state index contributed by atoms with van der Waals surface area (Å²) >= 11 is 0. The average molecular weight is 337 g/mol. The predicted molar refractivity (Wildman–Crippen MR) is 93.0 cm³/mol. The number of fused-ring (bicyclic) bond motifs is 1. The molecule has 0 saturated carbocycles. The number of hydrogen-bond donors (Lipinski definition) is 2. The lowest BCUT2D eigenvalue weighted by atomic mass is 9.93. The molecule has 1 aromatic carbocycles. The second-order valence-corrected chi connectivity index (χ2v) is 6.17. The van der Waals surface area contributed by atoms with Crippen LogP contribution in [0.2, 0.25) is 0 Å². The maximum atomic E-state index is 12.4. The number of hydrogen-bond acceptors (Lipinski definition) is 4. The van der Waals surface area contributed by atoms with E-state index in [9.17, 15) is 4.79 Å². The van der Waals surface area contributed by atoms with Crippen molar-refractivity contribution >= 4 is 11.7 Å². The van der Waals surface area contributed by atoms with Gasteiger partial charge in [-0.25, -0.2) is 9.78 Å². The van der Waals surface area contributed by atoms with Crippen molar-refractivity contribution in [2.45, 2.75) is 25.3 Å². The van der Waals surface area contributed by atoms with Gasteiger partial charge in [-0.05, 0) is 31.0 Å². The number of benzene rings is 1. The standard InChI is InChI=1S/C18H19N5O2/c1-23-11-19-17(22-23)12-4-2-5-13(10-12)20-18(24)21-15-6-3-7-16-14(15)8-9-25-16/h2,4-5,8-11,15H,3,6-7H2,1H3,(H2,20,21,24)/t15-/m1/s1. The minimum atomic E-state index is -0.231. The van der Waals surface area contributed by atoms with Gasteiger partial charge in [0.05, 0.1) is 12.3 Å². The molecule has 2 aromatic heterocycles. The van der Waals surface area contributed by atoms with Crippen LogP contribution in [0.15, 0.2) is 47.3 Å². The van der Waals surface area contributed by atoms with Crippen molar-refractivity contribution in [2.75, 3.05) is 5.32 Å². The zero-order valence-corrected chi connectivity index (χ0v) is 13.9. The van der Waals surface area contributed by atoms with Gasteiger partial charge in [-0.3, -0.25) is 4.68 Å². The fourth-order valence-electron chi connectivity index (χ4n) is 3.17. The van der Waals surface area contributed by atoms with Crippen molar-refractivity contribution < 1.29 is 9.21 Å². The van der Waals surface area contributed by atoms with Crippen molar-refractivity contribution in [1.29, 1.82) is 0 Å². The summed E-state index contributed by atoms with van der Waals surface area (Å²) in [4.78, 5) is 16.6. The normalized spacial score (nSPS) is 16.3. The molecule has 4 rings (SSSR count). The maximum Gasteiger partial charge on any atom is 0.319 e. The Hall–Kier alpha value is -3.09. The molecule has 0 spiro atoms. The Kier molecular flexibility index (Phi) is 3.97. The highest BCUT2D eigenvalue weighted by atomic mass is 16.3. The fourth-order valence-corrected chi connectivity index (χ4v) is 3.17. The summed E-state index contributed by atoms with van der Waals surface area (Å²) in [6, 6.07) is 9.18. The number of carbonyl (C=O) groups is 1. The molecule has 1 atom stereocenters. The fraction of sp³-hybridized carbons (Fsp3) is 0.278. The molecule has 7 nitrogen and oxygen atoms in total. The Morgan fingerprint density at radius 3 is 3.12 bits per heavy atom. The minimum absolute atomic E-state index is 0.0110. The van der Waals surface area contributed by atoms with Crippen LogP contribution >= 0.6 is 0 Å². The number of rotatable bonds is 3. The third kappa shape index (κ3) is 3.26. The number of amides is 2. The summed E-state index contributed by atoms with van der Waals surface area (Å²) in [5, 5.41) is 10.2. The molecule has 2 heterocycles. The van der Waals surface area contributed by atoms with Gasteiger partial charge in [-0.15, -0.1) is 0 Å². The van der Waals surface area contributed by atoms with Crippen LogP contribution in [0, 0.1) is 0 Å². The molecular weight excluding hydrogens is 318 g/mol. The number of aromatic nitrogens is 3. The summed E-state index contributed by atoms with van der Waals surface area (Å²) in [5.74, 6) is 1.60. The van der Waals surface area contributed by atoms with E-state index in [2.05, 4.69) is 20.7 Å². The van der Waals surface area contributed by atoms with Gasteiger partial charge in [0.15, 0.2) is 5.82 Å². The summed E-state index contributed by atoms with van der Waals surface area (Å²) in [6.07, 6.45) is 6.19. The average Bonchev–Trinajstić information content (AvgIpc) is 3.24. The van der Waals surface area contributed by atoms with Crippen LogP contribution in [0.3, 0.4) is 0 Å². The van der Waals surface area contributed by atoms with Gasteiger partial charge in [-0.2, -0.15) is 5.10 Å². The van der Waals surface area contributed by atoms with Gasteiger partial charge in [0, 0.05) is 30.3 Å². The van der Waals surface area contributed by atoms with Crippen LogP contribution in [-0.2, 0) is 13.5 Å². The molecule has 0 bridgehead atoms. The topological polar surface area (TPSA) is 85.0 Å². The van der Waals surface area contributed by atoms with E-state index in [0.29, 0.717) is 11.5 Å². The second kappa shape index (κ2) is 6.43. The van der Waals surface area contributed by atoms with E-state index in [0.717, 1.165) is 36.1 Å². The van der Waals surface area contributed by atoms with Crippen LogP contribution < -0.4 is 10.6 Å². The molecule has 7 heteroatoms. The van der Waals surface area contributed by atoms with Gasteiger partial charge in [-0.1, -0.05) is 12.1 Å². The van der Waals surface area contributed by atoms with Crippen LogP contribution in [0.1, 0.15) is 30.2 Å². The highest BCUT2D eigenvalue weighted by molar-refractivity contribution is 5.90. The Bertz CT molecular complexity index is 898. The lowest BCUT2D eigenvalue weighted by molar-refractivity contribution is 0.246. The molecule has 0 saturated heterocycles. The summed E-state index contributed by atoms with van der Waals surface area (Å²) in [5.41, 5.74) is 2.63. The van der Waals surface area contributed by atoms with Gasteiger partial charge in [0.2, 0.25) is 0 Å². The van der Waals surface area contributed by atoms with E-state index in [4.69, 9.17) is 4.42 Å². The Morgan fingerprint density at radius 2 is 2.28 bits per heavy atom. The number of anilines is 1. The molecule has 0 fully saturated rings. The molecule has 3 aromatic rings. The number of furan rings is 1. The first kappa shape index (κ1) is 15.4. The first-order valence-electron chi connectivity index (χ1n) is 8.29. The SMILES string of the molecule is Cn1cnc(-c2cccc(NC(=O)N[C@@H]3CCCc4occc43)c2)n1. The maximum absolute atomic E-state index is 12.4. The number of carbonyl (C=O) groups excluding carboxylic acids is 1. The van der Waals surface area contributed by atoms with Crippen molar-refractivity contribution in [3.8, 4) is 11.4 Å². The lowest BCUT2D eigenvalue weighted by Gasteiger charge is -2.22. The molecule has 1 aliphatic carbocycles. The van der Waals surface area contributed by atoms with Crippen LogP contribution in [0.4, 0.5) is 10.5 Å². The first-order chi connectivity index (χ1) is 12.2. The molecule has 0 aliphatic heterocycles. The van der Waals surface area contributed by atoms with E-state index in [1.807, 2.05) is 37.4 Å². The molecule has 2 N–H and O–H groups in total. The highest BCUT2D eigenvalue weighted by Gasteiger charge is 2.24. The predicted octanol–water partition coefficient (Wildman–Crippen LogP) is 3.27. The monoisotopic (exact) mass is 337 g/mol. The Labute approximate surface area is 145 Å². The largest absolute Gasteiger partial charge is 0.469 e. The molecule has 0 unspecified atom stereocenters. The molecule has 25 heavy (non-hydrogen) atoms. The molecule has 128 valence electrons. The van der Waals surface area contributed by atoms with E-state index in [1.54, 1.807) is 17.3 Å². The van der Waals surface area contributed by atoms with Crippen molar-refractivity contribution in [2.24, 2.45) is 7.05 Å². The van der Waals surface area contributed by atoms with Crippen LogP contribution in [-0.4, -0.2) is 20.8 Å². The summed E-state index contributed by atoms with van der Waals surface area (Å²) in [6.45, 7) is 0. The van der Waals surface area contributed by atoms with Gasteiger partial charge in [0.1, 0.15) is 12.1 Å². The van der Waals surface area contributed by atoms with Gasteiger partial charge in [0.25, 0.3) is 0 Å². The highest BCUT2D eigenvalue weighted by Crippen LogP contribution is 2.30. The van der Waals surface area contributed by atoms with E-state index >= 15 is 0 Å². The smallest absolute Gasteiger partial charge is 0.319 e. The van der Waals surface area contributed by atoms with Gasteiger partial charge >= 0.3 is 6.03 Å². The van der Waals surface area contributed by atoms with Crippen LogP contribution in [0.25, 0.3) is 11.4 Å². The van der Waals surface area contributed by atoms with E-state index in [1.165, 1.54) is 0 Å². The van der Waals surface area contributed by atoms with Crippen molar-refractivity contribution in [3.63, 3.8) is 0 Å². The number of aryl methyl sites for hydroxylation is 2. The summed E-state index contributed by atoms with van der Waals surface area (Å²) < 4.78 is 7.11.